The molecule has 0 radical (unpaired) electrons. The van der Waals surface area contributed by atoms with Crippen LogP contribution in [-0.4, -0.2) is 17.1 Å². The molecule has 2 atom stereocenters. The van der Waals surface area contributed by atoms with E-state index in [0.717, 1.165) is 12.0 Å². The zero-order chi connectivity index (χ0) is 14.4. The summed E-state index contributed by atoms with van der Waals surface area (Å²) >= 11 is 5.99. The Morgan fingerprint density at radius 3 is 2.58 bits per heavy atom. The van der Waals surface area contributed by atoms with Gasteiger partial charge in [-0.15, -0.1) is 0 Å². The fraction of sp³-hybridized carbons (Fsp3) is 0.533. The molecule has 2 unspecified atom stereocenters. The first-order chi connectivity index (χ1) is 8.93. The maximum atomic E-state index is 11.3. The number of carbonyl (C=O) groups is 1. The third kappa shape index (κ3) is 5.21. The van der Waals surface area contributed by atoms with Crippen LogP contribution >= 0.6 is 11.6 Å². The Labute approximate surface area is 120 Å². The Bertz CT molecular complexity index is 420. The van der Waals surface area contributed by atoms with Crippen molar-refractivity contribution in [1.82, 2.24) is 5.32 Å². The van der Waals surface area contributed by atoms with Crippen molar-refractivity contribution >= 4 is 17.6 Å². The summed E-state index contributed by atoms with van der Waals surface area (Å²) in [4.78, 5) is 11.3. The molecule has 2 N–H and O–H groups in total. The van der Waals surface area contributed by atoms with Gasteiger partial charge in [0.1, 0.15) is 6.04 Å². The molecule has 0 heterocycles. The monoisotopic (exact) mass is 283 g/mol. The smallest absolute Gasteiger partial charge is 0.320 e. The maximum absolute atomic E-state index is 11.3. The van der Waals surface area contributed by atoms with Crippen LogP contribution in [0.5, 0.6) is 0 Å². The molecule has 3 nitrogen and oxygen atoms in total. The Kier molecular flexibility index (Phi) is 6.32. The molecule has 0 aliphatic carbocycles. The van der Waals surface area contributed by atoms with Gasteiger partial charge in [-0.2, -0.15) is 0 Å². The van der Waals surface area contributed by atoms with Gasteiger partial charge in [-0.25, -0.2) is 0 Å². The predicted molar refractivity (Wildman–Crippen MR) is 78.5 cm³/mol. The minimum absolute atomic E-state index is 0.0125. The number of hydrogen-bond donors (Lipinski definition) is 2. The minimum Gasteiger partial charge on any atom is -0.480 e. The molecular formula is C15H22ClNO2. The maximum Gasteiger partial charge on any atom is 0.320 e. The molecule has 1 aromatic rings. The molecule has 19 heavy (non-hydrogen) atoms. The van der Waals surface area contributed by atoms with E-state index in [0.29, 0.717) is 17.4 Å². The summed E-state index contributed by atoms with van der Waals surface area (Å²) in [6.07, 6.45) is 1.44. The number of halogens is 1. The lowest BCUT2D eigenvalue weighted by Gasteiger charge is -2.24. The van der Waals surface area contributed by atoms with E-state index in [1.165, 1.54) is 0 Å². The van der Waals surface area contributed by atoms with Crippen molar-refractivity contribution in [2.45, 2.75) is 45.7 Å². The van der Waals surface area contributed by atoms with E-state index < -0.39 is 12.0 Å². The SMILES string of the molecule is CCC(NC(CC(C)C)C(=O)O)c1cccc(Cl)c1. The van der Waals surface area contributed by atoms with E-state index in [4.69, 9.17) is 11.6 Å². The number of hydrogen-bond acceptors (Lipinski definition) is 2. The van der Waals surface area contributed by atoms with Gasteiger partial charge in [-0.05, 0) is 36.5 Å². The average molecular weight is 284 g/mol. The lowest BCUT2D eigenvalue weighted by atomic mass is 9.99. The Hall–Kier alpha value is -1.06. The van der Waals surface area contributed by atoms with E-state index in [1.807, 2.05) is 45.0 Å². The van der Waals surface area contributed by atoms with Crippen molar-refractivity contribution in [3.63, 3.8) is 0 Å². The van der Waals surface area contributed by atoms with Crippen LogP contribution in [0.3, 0.4) is 0 Å². The van der Waals surface area contributed by atoms with Crippen LogP contribution in [-0.2, 0) is 4.79 Å². The average Bonchev–Trinajstić information content (AvgIpc) is 2.33. The number of aliphatic carboxylic acids is 1. The fourth-order valence-corrected chi connectivity index (χ4v) is 2.33. The van der Waals surface area contributed by atoms with E-state index in [1.54, 1.807) is 0 Å². The highest BCUT2D eigenvalue weighted by molar-refractivity contribution is 6.30. The Morgan fingerprint density at radius 1 is 1.42 bits per heavy atom. The molecule has 0 spiro atoms. The zero-order valence-electron chi connectivity index (χ0n) is 11.7. The quantitative estimate of drug-likeness (QED) is 0.798. The molecule has 0 saturated heterocycles. The second kappa shape index (κ2) is 7.51. The molecular weight excluding hydrogens is 262 g/mol. The van der Waals surface area contributed by atoms with Gasteiger partial charge in [0.2, 0.25) is 0 Å². The molecule has 4 heteroatoms. The standard InChI is InChI=1S/C15H22ClNO2/c1-4-13(11-6-5-7-12(16)9-11)17-14(15(18)19)8-10(2)3/h5-7,9-10,13-14,17H,4,8H2,1-3H3,(H,18,19). The summed E-state index contributed by atoms with van der Waals surface area (Å²) in [7, 11) is 0. The minimum atomic E-state index is -0.797. The highest BCUT2D eigenvalue weighted by Gasteiger charge is 2.22. The van der Waals surface area contributed by atoms with Crippen LogP contribution in [0, 0.1) is 5.92 Å². The lowest BCUT2D eigenvalue weighted by molar-refractivity contribution is -0.140. The highest BCUT2D eigenvalue weighted by Crippen LogP contribution is 2.22. The lowest BCUT2D eigenvalue weighted by Crippen LogP contribution is -2.40. The summed E-state index contributed by atoms with van der Waals surface area (Å²) in [5.41, 5.74) is 1.03. The van der Waals surface area contributed by atoms with Crippen LogP contribution in [0.15, 0.2) is 24.3 Å². The predicted octanol–water partition coefficient (Wildman–Crippen LogP) is 3.88. The number of nitrogens with one attached hydrogen (secondary N) is 1. The number of carboxylic acids is 1. The van der Waals surface area contributed by atoms with Crippen molar-refractivity contribution in [3.8, 4) is 0 Å². The molecule has 0 aliphatic heterocycles. The fourth-order valence-electron chi connectivity index (χ4n) is 2.13. The van der Waals surface area contributed by atoms with E-state index >= 15 is 0 Å². The van der Waals surface area contributed by atoms with Gasteiger partial charge in [0.05, 0.1) is 0 Å². The molecule has 0 fully saturated rings. The van der Waals surface area contributed by atoms with Crippen LogP contribution in [0.2, 0.25) is 5.02 Å². The molecule has 0 aromatic heterocycles. The van der Waals surface area contributed by atoms with Crippen LogP contribution in [0.4, 0.5) is 0 Å². The highest BCUT2D eigenvalue weighted by atomic mass is 35.5. The molecule has 0 aliphatic rings. The number of benzene rings is 1. The second-order valence-corrected chi connectivity index (χ2v) is 5.64. The van der Waals surface area contributed by atoms with E-state index in [2.05, 4.69) is 5.32 Å². The molecule has 1 aromatic carbocycles. The third-order valence-corrected chi connectivity index (χ3v) is 3.30. The zero-order valence-corrected chi connectivity index (χ0v) is 12.4. The summed E-state index contributed by atoms with van der Waals surface area (Å²) in [5, 5.41) is 13.2. The van der Waals surface area contributed by atoms with E-state index in [-0.39, 0.29) is 6.04 Å². The second-order valence-electron chi connectivity index (χ2n) is 5.20. The van der Waals surface area contributed by atoms with Gasteiger partial charge in [0.15, 0.2) is 0 Å². The number of rotatable bonds is 7. The van der Waals surface area contributed by atoms with Crippen molar-refractivity contribution in [2.24, 2.45) is 5.92 Å². The summed E-state index contributed by atoms with van der Waals surface area (Å²) in [5.74, 6) is -0.459. The first kappa shape index (κ1) is 16.0. The summed E-state index contributed by atoms with van der Waals surface area (Å²) in [6.45, 7) is 6.09. The van der Waals surface area contributed by atoms with Crippen LogP contribution in [0.1, 0.15) is 45.2 Å². The van der Waals surface area contributed by atoms with Crippen molar-refractivity contribution in [1.29, 1.82) is 0 Å². The Balaban J connectivity index is 2.82. The van der Waals surface area contributed by atoms with Crippen molar-refractivity contribution in [2.75, 3.05) is 0 Å². The normalized spacial score (nSPS) is 14.4. The summed E-state index contributed by atoms with van der Waals surface area (Å²) in [6, 6.07) is 7.06. The van der Waals surface area contributed by atoms with Gasteiger partial charge >= 0.3 is 5.97 Å². The molecule has 106 valence electrons. The van der Waals surface area contributed by atoms with Gasteiger partial charge in [0, 0.05) is 11.1 Å². The Morgan fingerprint density at radius 2 is 2.11 bits per heavy atom. The largest absolute Gasteiger partial charge is 0.480 e. The van der Waals surface area contributed by atoms with Gasteiger partial charge in [-0.1, -0.05) is 44.5 Å². The van der Waals surface area contributed by atoms with E-state index in [9.17, 15) is 9.90 Å². The number of carboxylic acid groups (broad SMARTS) is 1. The van der Waals surface area contributed by atoms with Crippen molar-refractivity contribution < 1.29 is 9.90 Å². The molecule has 1 rings (SSSR count). The van der Waals surface area contributed by atoms with Crippen molar-refractivity contribution in [3.05, 3.63) is 34.9 Å². The van der Waals surface area contributed by atoms with Gasteiger partial charge in [-0.3, -0.25) is 10.1 Å². The first-order valence-corrected chi connectivity index (χ1v) is 7.06. The topological polar surface area (TPSA) is 49.3 Å². The third-order valence-electron chi connectivity index (χ3n) is 3.07. The van der Waals surface area contributed by atoms with Crippen LogP contribution < -0.4 is 5.32 Å². The van der Waals surface area contributed by atoms with Gasteiger partial charge in [0.25, 0.3) is 0 Å². The molecule has 0 bridgehead atoms. The van der Waals surface area contributed by atoms with Gasteiger partial charge < -0.3 is 5.11 Å². The first-order valence-electron chi connectivity index (χ1n) is 6.68. The molecule has 0 saturated carbocycles. The van der Waals surface area contributed by atoms with Crippen LogP contribution in [0.25, 0.3) is 0 Å². The molecule has 0 amide bonds. The summed E-state index contributed by atoms with van der Waals surface area (Å²) < 4.78 is 0.